The molecule has 0 aromatic heterocycles. The van der Waals surface area contributed by atoms with E-state index in [1.165, 1.54) is 23.9 Å². The van der Waals surface area contributed by atoms with Gasteiger partial charge in [0.25, 0.3) is 0 Å². The zero-order valence-corrected chi connectivity index (χ0v) is 16.3. The Kier molecular flexibility index (Phi) is 5.62. The first-order valence-electron chi connectivity index (χ1n) is 9.24. The van der Waals surface area contributed by atoms with Crippen molar-refractivity contribution in [3.05, 3.63) is 107 Å². The highest BCUT2D eigenvalue weighted by molar-refractivity contribution is 8.13. The summed E-state index contributed by atoms with van der Waals surface area (Å²) in [6.07, 6.45) is -4.31. The maximum atomic E-state index is 12.7. The first-order valence-corrected chi connectivity index (χ1v) is 10.2. The summed E-state index contributed by atoms with van der Waals surface area (Å²) in [5.41, 5.74) is 2.47. The average molecular weight is 412 g/mol. The summed E-state index contributed by atoms with van der Waals surface area (Å²) in [5, 5.41) is 4.29. The molecule has 1 heterocycles. The van der Waals surface area contributed by atoms with Crippen molar-refractivity contribution in [1.82, 2.24) is 5.32 Å². The molecule has 0 radical (unpaired) electrons. The molecule has 0 amide bonds. The summed E-state index contributed by atoms with van der Waals surface area (Å²) in [4.78, 5) is 4.88. The van der Waals surface area contributed by atoms with Gasteiger partial charge in [0.05, 0.1) is 11.6 Å². The SMILES string of the molecule is FC(F)(F)c1ccc(CSC2=N[C@@H](c3ccccc3)[C@@H](c3ccccc3)N2)cc1. The summed E-state index contributed by atoms with van der Waals surface area (Å²) in [7, 11) is 0. The van der Waals surface area contributed by atoms with Crippen LogP contribution in [0.1, 0.15) is 34.3 Å². The third kappa shape index (κ3) is 4.65. The number of hydrogen-bond donors (Lipinski definition) is 1. The monoisotopic (exact) mass is 412 g/mol. The first-order chi connectivity index (χ1) is 14.0. The molecule has 0 saturated heterocycles. The number of thioether (sulfide) groups is 1. The average Bonchev–Trinajstić information content (AvgIpc) is 3.18. The van der Waals surface area contributed by atoms with Crippen LogP contribution in [0.5, 0.6) is 0 Å². The van der Waals surface area contributed by atoms with E-state index in [4.69, 9.17) is 4.99 Å². The highest BCUT2D eigenvalue weighted by atomic mass is 32.2. The lowest BCUT2D eigenvalue weighted by atomic mass is 9.95. The normalized spacial score (nSPS) is 18.9. The highest BCUT2D eigenvalue weighted by Crippen LogP contribution is 2.38. The number of alkyl halides is 3. The van der Waals surface area contributed by atoms with Gasteiger partial charge in [-0.25, -0.2) is 0 Å². The Hall–Kier alpha value is -2.73. The van der Waals surface area contributed by atoms with E-state index in [1.54, 1.807) is 0 Å². The van der Waals surface area contributed by atoms with E-state index in [0.717, 1.165) is 34.0 Å². The Morgan fingerprint density at radius 2 is 1.38 bits per heavy atom. The summed E-state index contributed by atoms with van der Waals surface area (Å²) >= 11 is 1.50. The fourth-order valence-electron chi connectivity index (χ4n) is 3.31. The Labute approximate surface area is 171 Å². The third-order valence-electron chi connectivity index (χ3n) is 4.81. The molecule has 3 aromatic rings. The van der Waals surface area contributed by atoms with E-state index < -0.39 is 11.7 Å². The molecule has 0 bridgehead atoms. The molecule has 3 aromatic carbocycles. The standard InChI is InChI=1S/C23H19F3N2S/c24-23(25,26)19-13-11-16(12-14-19)15-29-22-27-20(17-7-3-1-4-8-17)21(28-22)18-9-5-2-6-10-18/h1-14,20-21H,15H2,(H,27,28)/t20-,21+. The number of benzene rings is 3. The second kappa shape index (κ2) is 8.33. The van der Waals surface area contributed by atoms with E-state index in [1.807, 2.05) is 36.4 Å². The van der Waals surface area contributed by atoms with Gasteiger partial charge in [-0.05, 0) is 28.8 Å². The van der Waals surface area contributed by atoms with E-state index in [-0.39, 0.29) is 12.1 Å². The Morgan fingerprint density at radius 1 is 0.793 bits per heavy atom. The number of hydrogen-bond acceptors (Lipinski definition) is 3. The number of aliphatic imine (C=N–C) groups is 1. The summed E-state index contributed by atoms with van der Waals surface area (Å²) in [6, 6.07) is 25.5. The fraction of sp³-hybridized carbons (Fsp3) is 0.174. The van der Waals surface area contributed by atoms with Gasteiger partial charge in [0.15, 0.2) is 5.17 Å². The van der Waals surface area contributed by atoms with E-state index in [0.29, 0.717) is 5.75 Å². The van der Waals surface area contributed by atoms with Crippen LogP contribution in [0.2, 0.25) is 0 Å². The van der Waals surface area contributed by atoms with Gasteiger partial charge in [-0.15, -0.1) is 0 Å². The predicted molar refractivity (Wildman–Crippen MR) is 112 cm³/mol. The smallest absolute Gasteiger partial charge is 0.356 e. The van der Waals surface area contributed by atoms with Gasteiger partial charge in [-0.3, -0.25) is 4.99 Å². The summed E-state index contributed by atoms with van der Waals surface area (Å²) < 4.78 is 38.2. The molecule has 0 saturated carbocycles. The van der Waals surface area contributed by atoms with Crippen LogP contribution in [-0.4, -0.2) is 5.17 Å². The van der Waals surface area contributed by atoms with Gasteiger partial charge in [0.1, 0.15) is 6.04 Å². The molecule has 6 heteroatoms. The second-order valence-electron chi connectivity index (χ2n) is 6.81. The number of amidine groups is 1. The first kappa shape index (κ1) is 19.6. The van der Waals surface area contributed by atoms with Crippen molar-refractivity contribution in [3.63, 3.8) is 0 Å². The maximum absolute atomic E-state index is 12.7. The van der Waals surface area contributed by atoms with Gasteiger partial charge in [-0.1, -0.05) is 84.6 Å². The molecule has 2 atom stereocenters. The quantitative estimate of drug-likeness (QED) is 0.538. The van der Waals surface area contributed by atoms with Crippen molar-refractivity contribution in [1.29, 1.82) is 0 Å². The molecule has 2 nitrogen and oxygen atoms in total. The van der Waals surface area contributed by atoms with Gasteiger partial charge in [0, 0.05) is 5.75 Å². The Balaban J connectivity index is 1.50. The fourth-order valence-corrected chi connectivity index (χ4v) is 4.21. The van der Waals surface area contributed by atoms with Crippen LogP contribution in [0.25, 0.3) is 0 Å². The molecule has 29 heavy (non-hydrogen) atoms. The van der Waals surface area contributed by atoms with Crippen LogP contribution in [-0.2, 0) is 11.9 Å². The van der Waals surface area contributed by atoms with Crippen LogP contribution < -0.4 is 5.32 Å². The lowest BCUT2D eigenvalue weighted by Crippen LogP contribution is -2.22. The van der Waals surface area contributed by atoms with Crippen molar-refractivity contribution in [2.75, 3.05) is 0 Å². The van der Waals surface area contributed by atoms with Gasteiger partial charge in [-0.2, -0.15) is 13.2 Å². The van der Waals surface area contributed by atoms with E-state index in [2.05, 4.69) is 29.6 Å². The molecule has 148 valence electrons. The molecule has 0 unspecified atom stereocenters. The van der Waals surface area contributed by atoms with Gasteiger partial charge < -0.3 is 5.32 Å². The Bertz CT molecular complexity index is 971. The third-order valence-corrected chi connectivity index (χ3v) is 5.78. The minimum absolute atomic E-state index is 0.0219. The number of halogens is 3. The highest BCUT2D eigenvalue weighted by Gasteiger charge is 2.32. The largest absolute Gasteiger partial charge is 0.416 e. The molecule has 1 aliphatic rings. The maximum Gasteiger partial charge on any atom is 0.416 e. The summed E-state index contributed by atoms with van der Waals surface area (Å²) in [5.74, 6) is 0.549. The topological polar surface area (TPSA) is 24.4 Å². The number of nitrogens with zero attached hydrogens (tertiary/aromatic N) is 1. The van der Waals surface area contributed by atoms with E-state index >= 15 is 0 Å². The zero-order valence-electron chi connectivity index (χ0n) is 15.4. The molecule has 1 aliphatic heterocycles. The minimum atomic E-state index is -4.31. The molecule has 1 N–H and O–H groups in total. The molecule has 0 aliphatic carbocycles. The van der Waals surface area contributed by atoms with Crippen LogP contribution in [0, 0.1) is 0 Å². The van der Waals surface area contributed by atoms with Crippen LogP contribution in [0.15, 0.2) is 89.9 Å². The number of nitrogens with one attached hydrogen (secondary N) is 1. The van der Waals surface area contributed by atoms with Crippen molar-refractivity contribution in [2.24, 2.45) is 4.99 Å². The number of rotatable bonds is 4. The molecule has 0 spiro atoms. The van der Waals surface area contributed by atoms with Crippen LogP contribution in [0.4, 0.5) is 13.2 Å². The predicted octanol–water partition coefficient (Wildman–Crippen LogP) is 6.38. The minimum Gasteiger partial charge on any atom is -0.356 e. The van der Waals surface area contributed by atoms with Gasteiger partial charge in [0.2, 0.25) is 0 Å². The molecule has 4 rings (SSSR count). The van der Waals surface area contributed by atoms with Crippen LogP contribution >= 0.6 is 11.8 Å². The Morgan fingerprint density at radius 3 is 1.97 bits per heavy atom. The second-order valence-corrected chi connectivity index (χ2v) is 7.77. The van der Waals surface area contributed by atoms with Crippen LogP contribution in [0.3, 0.4) is 0 Å². The lowest BCUT2D eigenvalue weighted by molar-refractivity contribution is -0.137. The lowest BCUT2D eigenvalue weighted by Gasteiger charge is -2.19. The van der Waals surface area contributed by atoms with Crippen molar-refractivity contribution >= 4 is 16.9 Å². The van der Waals surface area contributed by atoms with Gasteiger partial charge >= 0.3 is 6.18 Å². The molecular weight excluding hydrogens is 393 g/mol. The van der Waals surface area contributed by atoms with Crippen molar-refractivity contribution in [3.8, 4) is 0 Å². The molecular formula is C23H19F3N2S. The van der Waals surface area contributed by atoms with E-state index in [9.17, 15) is 13.2 Å². The molecule has 0 fully saturated rings. The van der Waals surface area contributed by atoms with Crippen molar-refractivity contribution < 1.29 is 13.2 Å². The summed E-state index contributed by atoms with van der Waals surface area (Å²) in [6.45, 7) is 0. The zero-order chi connectivity index (χ0) is 20.3. The van der Waals surface area contributed by atoms with Crippen molar-refractivity contribution in [2.45, 2.75) is 24.0 Å².